The summed E-state index contributed by atoms with van der Waals surface area (Å²) in [7, 11) is 0. The van der Waals surface area contributed by atoms with Crippen molar-refractivity contribution in [2.45, 2.75) is 6.61 Å². The van der Waals surface area contributed by atoms with E-state index in [4.69, 9.17) is 15.4 Å². The highest BCUT2D eigenvalue weighted by Crippen LogP contribution is 2.09. The third kappa shape index (κ3) is 3.22. The Kier molecular flexibility index (Phi) is 4.48. The first-order valence-corrected chi connectivity index (χ1v) is 5.90. The number of rotatable bonds is 4. The van der Waals surface area contributed by atoms with Crippen molar-refractivity contribution < 1.29 is 4.84 Å². The van der Waals surface area contributed by atoms with E-state index in [-0.39, 0.29) is 6.61 Å². The average Bonchev–Trinajstić information content (AvgIpc) is 2.52. The zero-order chi connectivity index (χ0) is 14.2. The van der Waals surface area contributed by atoms with Crippen LogP contribution in [-0.2, 0) is 11.4 Å². The molecule has 95 valence electrons. The summed E-state index contributed by atoms with van der Waals surface area (Å²) >= 11 is 0. The van der Waals surface area contributed by atoms with E-state index in [2.05, 4.69) is 23.5 Å². The van der Waals surface area contributed by atoms with E-state index in [9.17, 15) is 0 Å². The van der Waals surface area contributed by atoms with E-state index in [1.807, 2.05) is 6.07 Å². The van der Waals surface area contributed by atoms with Crippen molar-refractivity contribution in [2.75, 3.05) is 0 Å². The summed E-state index contributed by atoms with van der Waals surface area (Å²) in [5, 5.41) is 21.6. The molecule has 0 aliphatic heterocycles. The van der Waals surface area contributed by atoms with Crippen LogP contribution in [-0.4, -0.2) is 6.21 Å². The van der Waals surface area contributed by atoms with Gasteiger partial charge in [0.05, 0.1) is 23.3 Å². The smallest absolute Gasteiger partial charge is 0.143 e. The average molecular weight is 260 g/mol. The second kappa shape index (κ2) is 6.72. The van der Waals surface area contributed by atoms with Crippen molar-refractivity contribution in [1.82, 2.24) is 0 Å². The van der Waals surface area contributed by atoms with Gasteiger partial charge in [0.25, 0.3) is 0 Å². The molecule has 0 fully saturated rings. The molecule has 0 aromatic heterocycles. The molecular weight excluding hydrogens is 250 g/mol. The van der Waals surface area contributed by atoms with Gasteiger partial charge >= 0.3 is 0 Å². The molecule has 2 aromatic rings. The Bertz CT molecular complexity index is 708. The van der Waals surface area contributed by atoms with Gasteiger partial charge in [-0.1, -0.05) is 41.6 Å². The van der Waals surface area contributed by atoms with Crippen LogP contribution >= 0.6 is 0 Å². The SMILES string of the molecule is N#Cc1ccccc1/[C]=N\OCc1ccccc1C#N. The summed E-state index contributed by atoms with van der Waals surface area (Å²) in [6.07, 6.45) is 2.67. The molecule has 0 aliphatic rings. The monoisotopic (exact) mass is 260 g/mol. The second-order valence-corrected chi connectivity index (χ2v) is 3.90. The first kappa shape index (κ1) is 13.3. The minimum absolute atomic E-state index is 0.186. The molecule has 0 bridgehead atoms. The van der Waals surface area contributed by atoms with Crippen LogP contribution in [0.2, 0.25) is 0 Å². The summed E-state index contributed by atoms with van der Waals surface area (Å²) in [5.74, 6) is 0. The minimum Gasteiger partial charge on any atom is -0.390 e. The molecule has 0 aliphatic carbocycles. The van der Waals surface area contributed by atoms with Crippen LogP contribution in [0.4, 0.5) is 0 Å². The maximum atomic E-state index is 8.93. The van der Waals surface area contributed by atoms with E-state index in [1.165, 1.54) is 0 Å². The lowest BCUT2D eigenvalue weighted by atomic mass is 10.1. The fraction of sp³-hybridized carbons (Fsp3) is 0.0625. The van der Waals surface area contributed by atoms with Crippen LogP contribution in [0.1, 0.15) is 22.3 Å². The third-order valence-corrected chi connectivity index (χ3v) is 2.64. The van der Waals surface area contributed by atoms with Gasteiger partial charge in [0.1, 0.15) is 12.8 Å². The molecule has 0 N–H and O–H groups in total. The van der Waals surface area contributed by atoms with Crippen LogP contribution in [0.3, 0.4) is 0 Å². The normalized spacial score (nSPS) is 9.90. The summed E-state index contributed by atoms with van der Waals surface area (Å²) < 4.78 is 0. The van der Waals surface area contributed by atoms with Crippen molar-refractivity contribution in [1.29, 1.82) is 10.5 Å². The van der Waals surface area contributed by atoms with Gasteiger partial charge in [-0.3, -0.25) is 0 Å². The zero-order valence-corrected chi connectivity index (χ0v) is 10.6. The highest BCUT2D eigenvalue weighted by Gasteiger charge is 2.01. The maximum absolute atomic E-state index is 8.93. The van der Waals surface area contributed by atoms with Gasteiger partial charge < -0.3 is 4.84 Å². The molecule has 0 saturated carbocycles. The largest absolute Gasteiger partial charge is 0.390 e. The Balaban J connectivity index is 2.01. The van der Waals surface area contributed by atoms with Gasteiger partial charge in [-0.15, -0.1) is 0 Å². The Morgan fingerprint density at radius 1 is 0.850 bits per heavy atom. The van der Waals surface area contributed by atoms with Crippen LogP contribution in [0, 0.1) is 22.7 Å². The van der Waals surface area contributed by atoms with Gasteiger partial charge in [0.2, 0.25) is 0 Å². The lowest BCUT2D eigenvalue weighted by Crippen LogP contribution is -1.93. The number of nitrogens with zero attached hydrogens (tertiary/aromatic N) is 3. The van der Waals surface area contributed by atoms with Crippen molar-refractivity contribution in [3.63, 3.8) is 0 Å². The molecule has 2 rings (SSSR count). The Morgan fingerprint density at radius 3 is 2.15 bits per heavy atom. The van der Waals surface area contributed by atoms with E-state index < -0.39 is 0 Å². The fourth-order valence-electron chi connectivity index (χ4n) is 1.62. The summed E-state index contributed by atoms with van der Waals surface area (Å²) in [4.78, 5) is 5.12. The first-order chi connectivity index (χ1) is 9.85. The van der Waals surface area contributed by atoms with Crippen molar-refractivity contribution in [2.24, 2.45) is 5.16 Å². The van der Waals surface area contributed by atoms with Gasteiger partial charge in [0, 0.05) is 11.1 Å². The van der Waals surface area contributed by atoms with E-state index in [0.29, 0.717) is 16.7 Å². The molecule has 0 unspecified atom stereocenters. The van der Waals surface area contributed by atoms with Crippen molar-refractivity contribution in [3.8, 4) is 12.1 Å². The van der Waals surface area contributed by atoms with E-state index in [1.54, 1.807) is 42.5 Å². The molecule has 4 nitrogen and oxygen atoms in total. The maximum Gasteiger partial charge on any atom is 0.143 e. The van der Waals surface area contributed by atoms with Gasteiger partial charge in [-0.05, 0) is 12.1 Å². The summed E-state index contributed by atoms with van der Waals surface area (Å²) in [6.45, 7) is 0.186. The topological polar surface area (TPSA) is 69.2 Å². The predicted molar refractivity (Wildman–Crippen MR) is 73.6 cm³/mol. The van der Waals surface area contributed by atoms with Gasteiger partial charge in [0.15, 0.2) is 0 Å². The zero-order valence-electron chi connectivity index (χ0n) is 10.6. The third-order valence-electron chi connectivity index (χ3n) is 2.64. The standard InChI is InChI=1S/C16H10N3O/c17-9-13-5-1-3-7-15(13)11-19-20-12-16-8-4-2-6-14(16)10-18/h1-8H,12H2. The highest BCUT2D eigenvalue weighted by molar-refractivity contribution is 5.82. The first-order valence-electron chi connectivity index (χ1n) is 5.90. The minimum atomic E-state index is 0.186. The number of nitriles is 2. The molecule has 0 saturated heterocycles. The van der Waals surface area contributed by atoms with Crippen molar-refractivity contribution in [3.05, 3.63) is 70.8 Å². The van der Waals surface area contributed by atoms with E-state index in [0.717, 1.165) is 5.56 Å². The lowest BCUT2D eigenvalue weighted by molar-refractivity contribution is 0.132. The molecule has 0 heterocycles. The molecule has 0 spiro atoms. The van der Waals surface area contributed by atoms with Gasteiger partial charge in [-0.2, -0.15) is 10.5 Å². The second-order valence-electron chi connectivity index (χ2n) is 3.90. The van der Waals surface area contributed by atoms with Crippen LogP contribution in [0.25, 0.3) is 0 Å². The lowest BCUT2D eigenvalue weighted by Gasteiger charge is -2.01. The molecule has 1 radical (unpaired) electrons. The highest BCUT2D eigenvalue weighted by atomic mass is 16.6. The Hall–Kier alpha value is -3.11. The molecule has 20 heavy (non-hydrogen) atoms. The molecule has 2 aromatic carbocycles. The number of benzene rings is 2. The molecular formula is C16H10N3O. The summed E-state index contributed by atoms with van der Waals surface area (Å²) in [6, 6.07) is 18.3. The van der Waals surface area contributed by atoms with Crippen molar-refractivity contribution >= 4 is 6.21 Å². The van der Waals surface area contributed by atoms with Crippen LogP contribution in [0.15, 0.2) is 53.7 Å². The van der Waals surface area contributed by atoms with Crippen LogP contribution in [0.5, 0.6) is 0 Å². The Labute approximate surface area is 117 Å². The molecule has 4 heteroatoms. The fourth-order valence-corrected chi connectivity index (χ4v) is 1.62. The quantitative estimate of drug-likeness (QED) is 0.627. The van der Waals surface area contributed by atoms with E-state index >= 15 is 0 Å². The summed E-state index contributed by atoms with van der Waals surface area (Å²) in [5.41, 5.74) is 2.37. The number of hydrogen-bond acceptors (Lipinski definition) is 4. The Morgan fingerprint density at radius 2 is 1.45 bits per heavy atom. The van der Waals surface area contributed by atoms with Crippen LogP contribution < -0.4 is 0 Å². The molecule has 0 amide bonds. The molecule has 0 atom stereocenters. The number of hydrogen-bond donors (Lipinski definition) is 0. The van der Waals surface area contributed by atoms with Gasteiger partial charge in [-0.25, -0.2) is 0 Å². The predicted octanol–water partition coefficient (Wildman–Crippen LogP) is 2.86.